The van der Waals surface area contributed by atoms with Crippen molar-refractivity contribution >= 4 is 6.47 Å². The van der Waals surface area contributed by atoms with E-state index in [1.807, 2.05) is 0 Å². The van der Waals surface area contributed by atoms with E-state index in [0.717, 1.165) is 19.3 Å². The smallest absolute Gasteiger partial charge is 0.417 e. The van der Waals surface area contributed by atoms with Crippen molar-refractivity contribution in [2.75, 3.05) is 0 Å². The Morgan fingerprint density at radius 2 is 1.23 bits per heavy atom. The number of aliphatic hydroxyl groups excluding tert-OH is 1. The van der Waals surface area contributed by atoms with Gasteiger partial charge in [0, 0.05) is 0 Å². The lowest BCUT2D eigenvalue weighted by Crippen LogP contribution is -2.25. The quantitative estimate of drug-likeness (QED) is 0.371. The van der Waals surface area contributed by atoms with Crippen molar-refractivity contribution in [2.45, 2.75) is 116 Å². The molecule has 0 aliphatic heterocycles. The Hall–Kier alpha value is -0.570. The van der Waals surface area contributed by atoms with E-state index in [0.29, 0.717) is 0 Å². The highest BCUT2D eigenvalue weighted by Gasteiger charge is 2.15. The zero-order valence-corrected chi connectivity index (χ0v) is 14.8. The number of aliphatic hydroxyl groups is 1. The first kappa shape index (κ1) is 21.4. The molecule has 0 bridgehead atoms. The minimum Gasteiger partial charge on any atom is -0.451 e. The van der Waals surface area contributed by atoms with Crippen LogP contribution in [0.1, 0.15) is 104 Å². The molecular formula is C19H37O3. The van der Waals surface area contributed by atoms with Crippen LogP contribution in [0.5, 0.6) is 0 Å². The second-order valence-corrected chi connectivity index (χ2v) is 6.51. The van der Waals surface area contributed by atoms with Gasteiger partial charge in [0.2, 0.25) is 0 Å². The van der Waals surface area contributed by atoms with Gasteiger partial charge in [-0.15, -0.1) is 0 Å². The summed E-state index contributed by atoms with van der Waals surface area (Å²) in [5, 5.41) is 9.43. The highest BCUT2D eigenvalue weighted by molar-refractivity contribution is 5.38. The fourth-order valence-electron chi connectivity index (χ4n) is 2.82. The minimum absolute atomic E-state index is 0.384. The molecule has 3 heteroatoms. The maximum absolute atomic E-state index is 10.2. The van der Waals surface area contributed by atoms with E-state index in [-0.39, 0.29) is 6.10 Å². The first-order valence-corrected chi connectivity index (χ1v) is 9.43. The Labute approximate surface area is 137 Å². The van der Waals surface area contributed by atoms with Crippen LogP contribution in [0.2, 0.25) is 0 Å². The van der Waals surface area contributed by atoms with Gasteiger partial charge in [-0.05, 0) is 19.8 Å². The van der Waals surface area contributed by atoms with Crippen molar-refractivity contribution in [3.8, 4) is 0 Å². The summed E-state index contributed by atoms with van der Waals surface area (Å²) in [6, 6.07) is 0. The van der Waals surface area contributed by atoms with Crippen molar-refractivity contribution < 1.29 is 14.6 Å². The number of carbonyl (C=O) groups excluding carboxylic acids is 1. The van der Waals surface area contributed by atoms with Crippen LogP contribution in [0.4, 0.5) is 0 Å². The molecule has 0 amide bonds. The number of unbranched alkanes of at least 4 members (excludes halogenated alkanes) is 12. The molecule has 0 heterocycles. The van der Waals surface area contributed by atoms with Gasteiger partial charge in [-0.2, -0.15) is 0 Å². The predicted octanol–water partition coefficient (Wildman–Crippen LogP) is 5.30. The van der Waals surface area contributed by atoms with E-state index in [9.17, 15) is 9.90 Å². The summed E-state index contributed by atoms with van der Waals surface area (Å²) >= 11 is 0. The molecule has 2 unspecified atom stereocenters. The Balaban J connectivity index is 3.21. The van der Waals surface area contributed by atoms with Crippen LogP contribution in [0.25, 0.3) is 0 Å². The van der Waals surface area contributed by atoms with Gasteiger partial charge >= 0.3 is 6.47 Å². The molecular weight excluding hydrogens is 276 g/mol. The van der Waals surface area contributed by atoms with E-state index in [4.69, 9.17) is 4.74 Å². The molecule has 0 aliphatic rings. The average molecular weight is 314 g/mol. The first-order chi connectivity index (χ1) is 10.7. The second-order valence-electron chi connectivity index (χ2n) is 6.51. The summed E-state index contributed by atoms with van der Waals surface area (Å²) in [4.78, 5) is 10.2. The Morgan fingerprint density at radius 3 is 1.59 bits per heavy atom. The molecule has 0 aromatic carbocycles. The van der Waals surface area contributed by atoms with E-state index in [2.05, 4.69) is 6.92 Å². The van der Waals surface area contributed by atoms with Crippen molar-refractivity contribution in [1.82, 2.24) is 0 Å². The summed E-state index contributed by atoms with van der Waals surface area (Å²) < 4.78 is 4.75. The Bertz CT molecular complexity index is 229. The summed E-state index contributed by atoms with van der Waals surface area (Å²) in [6.45, 7) is 5.35. The van der Waals surface area contributed by atoms with E-state index in [1.165, 1.54) is 77.1 Å². The molecule has 131 valence electrons. The molecule has 3 nitrogen and oxygen atoms in total. The van der Waals surface area contributed by atoms with E-state index in [1.54, 1.807) is 6.92 Å². The zero-order valence-electron chi connectivity index (χ0n) is 14.8. The SMILES string of the molecule is CCCCCCCCCCCCCCCC(O[C]=O)C(C)O. The molecule has 1 radical (unpaired) electrons. The van der Waals surface area contributed by atoms with Gasteiger partial charge in [0.15, 0.2) is 0 Å². The number of ether oxygens (including phenoxy) is 1. The monoisotopic (exact) mass is 313 g/mol. The molecule has 0 rings (SSSR count). The van der Waals surface area contributed by atoms with Crippen LogP contribution >= 0.6 is 0 Å². The molecule has 0 aromatic rings. The van der Waals surface area contributed by atoms with Gasteiger partial charge in [-0.1, -0.05) is 84.0 Å². The third-order valence-corrected chi connectivity index (χ3v) is 4.33. The Morgan fingerprint density at radius 1 is 0.818 bits per heavy atom. The summed E-state index contributed by atoms with van der Waals surface area (Å²) in [6.07, 6.45) is 16.9. The van der Waals surface area contributed by atoms with Gasteiger partial charge in [0.25, 0.3) is 0 Å². The third-order valence-electron chi connectivity index (χ3n) is 4.33. The first-order valence-electron chi connectivity index (χ1n) is 9.43. The molecule has 0 aliphatic carbocycles. The molecule has 0 aromatic heterocycles. The van der Waals surface area contributed by atoms with Gasteiger partial charge in [0.1, 0.15) is 6.10 Å². The molecule has 0 saturated carbocycles. The number of hydrogen-bond acceptors (Lipinski definition) is 3. The maximum atomic E-state index is 10.2. The second kappa shape index (κ2) is 16.8. The molecule has 0 fully saturated rings. The summed E-state index contributed by atoms with van der Waals surface area (Å²) in [5.74, 6) is 0. The lowest BCUT2D eigenvalue weighted by Gasteiger charge is -2.16. The van der Waals surface area contributed by atoms with Crippen LogP contribution < -0.4 is 0 Å². The van der Waals surface area contributed by atoms with E-state index < -0.39 is 6.10 Å². The normalized spacial score (nSPS) is 13.8. The van der Waals surface area contributed by atoms with E-state index >= 15 is 0 Å². The van der Waals surface area contributed by atoms with Gasteiger partial charge in [0.05, 0.1) is 6.10 Å². The lowest BCUT2D eigenvalue weighted by molar-refractivity contribution is 0.0315. The Kier molecular flexibility index (Phi) is 16.4. The van der Waals surface area contributed by atoms with Crippen LogP contribution in [-0.4, -0.2) is 23.8 Å². The molecule has 0 saturated heterocycles. The standard InChI is InChI=1S/C19H37O3/c1-3-4-5-6-7-8-9-10-11-12-13-14-15-16-19(18(2)21)22-17-20/h18-19,21H,3-16H2,1-2H3. The third kappa shape index (κ3) is 14.4. The predicted molar refractivity (Wildman–Crippen MR) is 92.6 cm³/mol. The number of hydrogen-bond donors (Lipinski definition) is 1. The van der Waals surface area contributed by atoms with Gasteiger partial charge < -0.3 is 9.84 Å². The fraction of sp³-hybridized carbons (Fsp3) is 0.947. The van der Waals surface area contributed by atoms with Crippen molar-refractivity contribution in [3.63, 3.8) is 0 Å². The molecule has 2 atom stereocenters. The van der Waals surface area contributed by atoms with Gasteiger partial charge in [-0.25, -0.2) is 4.79 Å². The highest BCUT2D eigenvalue weighted by Crippen LogP contribution is 2.14. The highest BCUT2D eigenvalue weighted by atomic mass is 16.5. The maximum Gasteiger partial charge on any atom is 0.417 e. The molecule has 22 heavy (non-hydrogen) atoms. The number of rotatable bonds is 17. The topological polar surface area (TPSA) is 46.5 Å². The van der Waals surface area contributed by atoms with Crippen molar-refractivity contribution in [1.29, 1.82) is 0 Å². The zero-order chi connectivity index (χ0) is 16.5. The average Bonchev–Trinajstić information content (AvgIpc) is 2.50. The fourth-order valence-corrected chi connectivity index (χ4v) is 2.82. The van der Waals surface area contributed by atoms with Crippen LogP contribution in [-0.2, 0) is 9.53 Å². The van der Waals surface area contributed by atoms with Crippen LogP contribution in [0.3, 0.4) is 0 Å². The summed E-state index contributed by atoms with van der Waals surface area (Å²) in [7, 11) is 0. The minimum atomic E-state index is -0.598. The van der Waals surface area contributed by atoms with Crippen molar-refractivity contribution in [2.24, 2.45) is 0 Å². The van der Waals surface area contributed by atoms with Gasteiger partial charge in [-0.3, -0.25) is 0 Å². The molecule has 1 N–H and O–H groups in total. The van der Waals surface area contributed by atoms with Crippen LogP contribution in [0.15, 0.2) is 0 Å². The molecule has 0 spiro atoms. The largest absolute Gasteiger partial charge is 0.451 e. The lowest BCUT2D eigenvalue weighted by atomic mass is 10.0. The summed E-state index contributed by atoms with van der Waals surface area (Å²) in [5.41, 5.74) is 0. The van der Waals surface area contributed by atoms with Crippen LogP contribution in [0, 0.1) is 0 Å². The van der Waals surface area contributed by atoms with Crippen molar-refractivity contribution in [3.05, 3.63) is 0 Å².